The summed E-state index contributed by atoms with van der Waals surface area (Å²) < 4.78 is 0. The summed E-state index contributed by atoms with van der Waals surface area (Å²) in [5.74, 6) is 0.586. The Bertz CT molecular complexity index is 640. The summed E-state index contributed by atoms with van der Waals surface area (Å²) in [7, 11) is 0. The van der Waals surface area contributed by atoms with Gasteiger partial charge in [0.1, 0.15) is 5.82 Å². The van der Waals surface area contributed by atoms with Gasteiger partial charge < -0.3 is 20.4 Å². The second-order valence-electron chi connectivity index (χ2n) is 6.54. The summed E-state index contributed by atoms with van der Waals surface area (Å²) in [6.45, 7) is 11.1. The number of amides is 2. The molecule has 0 aliphatic carbocycles. The van der Waals surface area contributed by atoms with Gasteiger partial charge in [0.15, 0.2) is 0 Å². The van der Waals surface area contributed by atoms with Gasteiger partial charge in [-0.15, -0.1) is 0 Å². The maximum Gasteiger partial charge on any atom is 0.257 e. The van der Waals surface area contributed by atoms with E-state index in [0.717, 1.165) is 38.1 Å². The van der Waals surface area contributed by atoms with E-state index in [4.69, 9.17) is 0 Å². The maximum atomic E-state index is 12.4. The fraction of sp³-hybridized carbons (Fsp3) is 0.500. The lowest BCUT2D eigenvalue weighted by Crippen LogP contribution is -2.44. The molecule has 2 saturated heterocycles. The van der Waals surface area contributed by atoms with Crippen LogP contribution in [0.15, 0.2) is 41.8 Å². The molecular weight excluding hydrogens is 318 g/mol. The molecule has 0 unspecified atom stereocenters. The predicted octanol–water partition coefficient (Wildman–Crippen LogP) is 0.385. The first-order valence-corrected chi connectivity index (χ1v) is 8.76. The Morgan fingerprint density at radius 2 is 1.96 bits per heavy atom. The zero-order valence-electron chi connectivity index (χ0n) is 14.5. The first-order chi connectivity index (χ1) is 12.1. The zero-order chi connectivity index (χ0) is 17.8. The molecule has 25 heavy (non-hydrogen) atoms. The molecule has 3 aliphatic rings. The standard InChI is InChI=1S/C18H25N5O2/c1-3-17(24)22-9-5-14(6-10-22)20-13(2)21-16-12-19-11-15(16)18(25)23-7-4-8-23/h3,11,14,19-20H,1-2,4-10,12H2/b21-16+. The number of hydrogen-bond acceptors (Lipinski definition) is 5. The zero-order valence-corrected chi connectivity index (χ0v) is 14.5. The summed E-state index contributed by atoms with van der Waals surface area (Å²) in [6.07, 6.45) is 5.86. The van der Waals surface area contributed by atoms with Gasteiger partial charge in [-0.3, -0.25) is 9.59 Å². The molecule has 3 aliphatic heterocycles. The lowest BCUT2D eigenvalue weighted by molar-refractivity contribution is -0.130. The lowest BCUT2D eigenvalue weighted by atomic mass is 10.1. The van der Waals surface area contributed by atoms with Gasteiger partial charge in [0.05, 0.1) is 17.8 Å². The van der Waals surface area contributed by atoms with E-state index in [1.807, 2.05) is 4.90 Å². The van der Waals surface area contributed by atoms with Crippen molar-refractivity contribution < 1.29 is 9.59 Å². The Balaban J connectivity index is 1.52. The smallest absolute Gasteiger partial charge is 0.257 e. The Hall–Kier alpha value is -2.57. The predicted molar refractivity (Wildman–Crippen MR) is 96.8 cm³/mol. The number of hydrogen-bond donors (Lipinski definition) is 2. The highest BCUT2D eigenvalue weighted by molar-refractivity contribution is 6.23. The molecule has 0 saturated carbocycles. The quantitative estimate of drug-likeness (QED) is 0.708. The monoisotopic (exact) mass is 343 g/mol. The van der Waals surface area contributed by atoms with Crippen LogP contribution in [0.2, 0.25) is 0 Å². The van der Waals surface area contributed by atoms with Gasteiger partial charge in [-0.25, -0.2) is 4.99 Å². The molecule has 0 atom stereocenters. The van der Waals surface area contributed by atoms with E-state index in [9.17, 15) is 9.59 Å². The van der Waals surface area contributed by atoms with Crippen LogP contribution in [0.25, 0.3) is 0 Å². The van der Waals surface area contributed by atoms with Crippen molar-refractivity contribution in [2.24, 2.45) is 4.99 Å². The molecule has 0 aromatic rings. The van der Waals surface area contributed by atoms with Gasteiger partial charge >= 0.3 is 0 Å². The third kappa shape index (κ3) is 3.92. The number of likely N-dealkylation sites (tertiary alicyclic amines) is 2. The van der Waals surface area contributed by atoms with E-state index in [-0.39, 0.29) is 17.9 Å². The second kappa shape index (κ2) is 7.55. The maximum absolute atomic E-state index is 12.4. The third-order valence-corrected chi connectivity index (χ3v) is 4.82. The summed E-state index contributed by atoms with van der Waals surface area (Å²) in [5.41, 5.74) is 1.36. The minimum absolute atomic E-state index is 0.0196. The molecule has 2 N–H and O–H groups in total. The topological polar surface area (TPSA) is 77.0 Å². The van der Waals surface area contributed by atoms with Crippen LogP contribution in [0.4, 0.5) is 0 Å². The van der Waals surface area contributed by atoms with E-state index in [1.165, 1.54) is 6.08 Å². The lowest BCUT2D eigenvalue weighted by Gasteiger charge is -2.32. The minimum atomic E-state index is -0.0196. The molecule has 0 radical (unpaired) electrons. The molecule has 0 bridgehead atoms. The Morgan fingerprint density at radius 3 is 2.56 bits per heavy atom. The number of rotatable bonds is 5. The SMILES string of the molecule is C=CC(=O)N1CCC(NC(=C)/N=C2\CNC=C2C(=O)N2CCC2)CC1. The van der Waals surface area contributed by atoms with Crippen molar-refractivity contribution in [3.05, 3.63) is 36.8 Å². The summed E-state index contributed by atoms with van der Waals surface area (Å²) in [6, 6.07) is 0.235. The molecule has 0 aromatic carbocycles. The fourth-order valence-corrected chi connectivity index (χ4v) is 3.21. The molecule has 0 aromatic heterocycles. The van der Waals surface area contributed by atoms with Crippen LogP contribution >= 0.6 is 0 Å². The van der Waals surface area contributed by atoms with Crippen molar-refractivity contribution in [3.63, 3.8) is 0 Å². The molecule has 3 heterocycles. The fourth-order valence-electron chi connectivity index (χ4n) is 3.21. The highest BCUT2D eigenvalue weighted by atomic mass is 16.2. The van der Waals surface area contributed by atoms with Crippen LogP contribution in [-0.2, 0) is 9.59 Å². The van der Waals surface area contributed by atoms with Crippen molar-refractivity contribution in [1.82, 2.24) is 20.4 Å². The van der Waals surface area contributed by atoms with Crippen LogP contribution < -0.4 is 10.6 Å². The first-order valence-electron chi connectivity index (χ1n) is 8.76. The number of carbonyl (C=O) groups excluding carboxylic acids is 2. The average Bonchev–Trinajstić information content (AvgIpc) is 3.01. The molecule has 2 amide bonds. The van der Waals surface area contributed by atoms with Gasteiger partial charge in [-0.1, -0.05) is 13.2 Å². The molecule has 3 rings (SSSR count). The van der Waals surface area contributed by atoms with Crippen molar-refractivity contribution in [2.75, 3.05) is 32.7 Å². The molecule has 7 nitrogen and oxygen atoms in total. The Labute approximate surface area is 148 Å². The van der Waals surface area contributed by atoms with E-state index in [2.05, 4.69) is 28.8 Å². The summed E-state index contributed by atoms with van der Waals surface area (Å²) in [5, 5.41) is 6.39. The summed E-state index contributed by atoms with van der Waals surface area (Å²) >= 11 is 0. The Morgan fingerprint density at radius 1 is 1.24 bits per heavy atom. The van der Waals surface area contributed by atoms with Crippen LogP contribution in [0.1, 0.15) is 19.3 Å². The van der Waals surface area contributed by atoms with Gasteiger partial charge in [-0.05, 0) is 25.3 Å². The van der Waals surface area contributed by atoms with Crippen LogP contribution in [0.5, 0.6) is 0 Å². The van der Waals surface area contributed by atoms with E-state index >= 15 is 0 Å². The van der Waals surface area contributed by atoms with Crippen molar-refractivity contribution in [3.8, 4) is 0 Å². The number of piperidine rings is 1. The van der Waals surface area contributed by atoms with Crippen LogP contribution in [0, 0.1) is 0 Å². The van der Waals surface area contributed by atoms with Gasteiger partial charge in [0, 0.05) is 38.4 Å². The molecular formula is C18H25N5O2. The Kier molecular flexibility index (Phi) is 5.21. The van der Waals surface area contributed by atoms with E-state index in [0.29, 0.717) is 31.0 Å². The largest absolute Gasteiger partial charge is 0.385 e. The first kappa shape index (κ1) is 17.3. The highest BCUT2D eigenvalue weighted by Crippen LogP contribution is 2.16. The minimum Gasteiger partial charge on any atom is -0.385 e. The van der Waals surface area contributed by atoms with Crippen molar-refractivity contribution in [1.29, 1.82) is 0 Å². The van der Waals surface area contributed by atoms with Gasteiger partial charge in [-0.2, -0.15) is 0 Å². The molecule has 7 heteroatoms. The number of carbonyl (C=O) groups is 2. The average molecular weight is 343 g/mol. The highest BCUT2D eigenvalue weighted by Gasteiger charge is 2.29. The van der Waals surface area contributed by atoms with E-state index < -0.39 is 0 Å². The molecule has 0 spiro atoms. The third-order valence-electron chi connectivity index (χ3n) is 4.82. The number of nitrogens with one attached hydrogen (secondary N) is 2. The second-order valence-corrected chi connectivity index (χ2v) is 6.54. The summed E-state index contributed by atoms with van der Waals surface area (Å²) in [4.78, 5) is 32.1. The van der Waals surface area contributed by atoms with Gasteiger partial charge in [0.25, 0.3) is 5.91 Å². The molecule has 2 fully saturated rings. The van der Waals surface area contributed by atoms with Crippen molar-refractivity contribution in [2.45, 2.75) is 25.3 Å². The van der Waals surface area contributed by atoms with Gasteiger partial charge in [0.2, 0.25) is 5.91 Å². The van der Waals surface area contributed by atoms with Crippen LogP contribution in [-0.4, -0.2) is 66.1 Å². The normalized spacial score (nSPS) is 22.1. The number of nitrogens with zero attached hydrogens (tertiary/aromatic N) is 3. The molecule has 134 valence electrons. The number of aliphatic imine (C=N–C) groups is 1. The van der Waals surface area contributed by atoms with E-state index in [1.54, 1.807) is 11.1 Å². The van der Waals surface area contributed by atoms with Crippen LogP contribution in [0.3, 0.4) is 0 Å². The van der Waals surface area contributed by atoms with Crippen molar-refractivity contribution >= 4 is 17.5 Å².